The Hall–Kier alpha value is -1.52. The summed E-state index contributed by atoms with van der Waals surface area (Å²) in [6, 6.07) is 0. The Labute approximate surface area is 107 Å². The van der Waals surface area contributed by atoms with E-state index in [0.717, 1.165) is 29.3 Å². The molecule has 0 amide bonds. The van der Waals surface area contributed by atoms with E-state index in [0.29, 0.717) is 5.95 Å². The summed E-state index contributed by atoms with van der Waals surface area (Å²) < 4.78 is 4.01. The highest BCUT2D eigenvalue weighted by Gasteiger charge is 2.18. The van der Waals surface area contributed by atoms with Crippen molar-refractivity contribution in [1.29, 1.82) is 0 Å². The van der Waals surface area contributed by atoms with Gasteiger partial charge in [0.1, 0.15) is 5.52 Å². The Kier molecular flexibility index (Phi) is 2.76. The Morgan fingerprint density at radius 3 is 2.78 bits per heavy atom. The summed E-state index contributed by atoms with van der Waals surface area (Å²) in [6.07, 6.45) is 6.75. The minimum atomic E-state index is 0.624. The molecular weight excluding hydrogens is 226 g/mol. The molecule has 2 aromatic rings. The number of nitrogen functional groups attached to an aromatic ring is 1. The van der Waals surface area contributed by atoms with Crippen LogP contribution in [0, 0.1) is 12.8 Å². The van der Waals surface area contributed by atoms with Crippen LogP contribution < -0.4 is 5.73 Å². The highest BCUT2D eigenvalue weighted by molar-refractivity contribution is 5.77. The van der Waals surface area contributed by atoms with Gasteiger partial charge in [0, 0.05) is 13.6 Å². The highest BCUT2D eigenvalue weighted by Crippen LogP contribution is 2.29. The van der Waals surface area contributed by atoms with Crippen molar-refractivity contribution in [2.75, 3.05) is 5.73 Å². The van der Waals surface area contributed by atoms with Gasteiger partial charge in [-0.1, -0.05) is 25.7 Å². The average Bonchev–Trinajstić information content (AvgIpc) is 2.98. The molecule has 2 heterocycles. The van der Waals surface area contributed by atoms with Gasteiger partial charge in [-0.2, -0.15) is 5.10 Å². The third-order valence-corrected chi connectivity index (χ3v) is 4.16. The maximum atomic E-state index is 6.03. The molecule has 1 aliphatic rings. The number of hydrogen-bond acceptors (Lipinski definition) is 3. The van der Waals surface area contributed by atoms with Gasteiger partial charge in [0.15, 0.2) is 5.65 Å². The van der Waals surface area contributed by atoms with Gasteiger partial charge in [-0.05, 0) is 19.3 Å². The molecule has 1 aliphatic carbocycles. The molecule has 0 atom stereocenters. The second-order valence-electron chi connectivity index (χ2n) is 5.44. The zero-order valence-corrected chi connectivity index (χ0v) is 11.2. The molecule has 2 aromatic heterocycles. The van der Waals surface area contributed by atoms with E-state index in [1.807, 2.05) is 18.7 Å². The van der Waals surface area contributed by atoms with Gasteiger partial charge in [0.25, 0.3) is 0 Å². The lowest BCUT2D eigenvalue weighted by Gasteiger charge is -2.11. The van der Waals surface area contributed by atoms with E-state index >= 15 is 0 Å². The molecule has 2 N–H and O–H groups in total. The van der Waals surface area contributed by atoms with Crippen LogP contribution in [0.4, 0.5) is 5.95 Å². The first-order valence-electron chi connectivity index (χ1n) is 6.82. The number of nitrogens with two attached hydrogens (primary N) is 1. The summed E-state index contributed by atoms with van der Waals surface area (Å²) in [5.74, 6) is 1.50. The molecule has 5 heteroatoms. The average molecular weight is 247 g/mol. The Morgan fingerprint density at radius 1 is 1.33 bits per heavy atom. The van der Waals surface area contributed by atoms with Crippen LogP contribution in [0.25, 0.3) is 11.2 Å². The Balaban J connectivity index is 1.88. The van der Waals surface area contributed by atoms with Crippen molar-refractivity contribution >= 4 is 17.1 Å². The second-order valence-corrected chi connectivity index (χ2v) is 5.44. The third-order valence-electron chi connectivity index (χ3n) is 4.16. The number of fused-ring (bicyclic) bond motifs is 1. The summed E-state index contributed by atoms with van der Waals surface area (Å²) in [5, 5.41) is 4.41. The van der Waals surface area contributed by atoms with E-state index in [1.165, 1.54) is 32.1 Å². The molecule has 0 spiro atoms. The standard InChI is InChI=1S/C13H21N5/c1-9-11-12(17(2)16-9)18(13(14)15-11)8-7-10-5-3-4-6-10/h10H,3-8H2,1-2H3,(H2,14,15). The molecule has 5 nitrogen and oxygen atoms in total. The zero-order chi connectivity index (χ0) is 12.7. The number of imidazole rings is 1. The van der Waals surface area contributed by atoms with E-state index in [-0.39, 0.29) is 0 Å². The van der Waals surface area contributed by atoms with Gasteiger partial charge < -0.3 is 5.73 Å². The number of anilines is 1. The zero-order valence-electron chi connectivity index (χ0n) is 11.2. The summed E-state index contributed by atoms with van der Waals surface area (Å²) in [5.41, 5.74) is 8.99. The first kappa shape index (κ1) is 11.6. The van der Waals surface area contributed by atoms with Crippen molar-refractivity contribution in [3.05, 3.63) is 5.69 Å². The third kappa shape index (κ3) is 1.78. The second kappa shape index (κ2) is 4.30. The molecule has 0 saturated heterocycles. The Morgan fingerprint density at radius 2 is 2.06 bits per heavy atom. The maximum Gasteiger partial charge on any atom is 0.202 e. The minimum absolute atomic E-state index is 0.624. The minimum Gasteiger partial charge on any atom is -0.369 e. The maximum absolute atomic E-state index is 6.03. The van der Waals surface area contributed by atoms with Crippen LogP contribution in [-0.4, -0.2) is 19.3 Å². The van der Waals surface area contributed by atoms with Crippen LogP contribution in [0.2, 0.25) is 0 Å². The molecule has 1 fully saturated rings. The number of aromatic nitrogens is 4. The van der Waals surface area contributed by atoms with E-state index in [4.69, 9.17) is 5.73 Å². The fourth-order valence-corrected chi connectivity index (χ4v) is 3.18. The SMILES string of the molecule is Cc1nn(C)c2c1nc(N)n2CCC1CCCC1. The van der Waals surface area contributed by atoms with Gasteiger partial charge >= 0.3 is 0 Å². The summed E-state index contributed by atoms with van der Waals surface area (Å²) in [4.78, 5) is 4.44. The number of aryl methyl sites for hydroxylation is 3. The predicted molar refractivity (Wildman–Crippen MR) is 72.2 cm³/mol. The van der Waals surface area contributed by atoms with Crippen LogP contribution in [0.1, 0.15) is 37.8 Å². The summed E-state index contributed by atoms with van der Waals surface area (Å²) >= 11 is 0. The van der Waals surface area contributed by atoms with Crippen LogP contribution in [0.5, 0.6) is 0 Å². The van der Waals surface area contributed by atoms with Crippen LogP contribution in [0.3, 0.4) is 0 Å². The predicted octanol–water partition coefficient (Wildman–Crippen LogP) is 2.24. The van der Waals surface area contributed by atoms with E-state index in [9.17, 15) is 0 Å². The van der Waals surface area contributed by atoms with Gasteiger partial charge in [-0.3, -0.25) is 9.25 Å². The molecular formula is C13H21N5. The molecule has 3 rings (SSSR count). The monoisotopic (exact) mass is 247 g/mol. The molecule has 0 aliphatic heterocycles. The van der Waals surface area contributed by atoms with Gasteiger partial charge in [0.05, 0.1) is 5.69 Å². The van der Waals surface area contributed by atoms with Gasteiger partial charge in [0.2, 0.25) is 5.95 Å². The first-order valence-corrected chi connectivity index (χ1v) is 6.82. The van der Waals surface area contributed by atoms with Crippen molar-refractivity contribution in [2.24, 2.45) is 13.0 Å². The van der Waals surface area contributed by atoms with Crippen molar-refractivity contribution in [3.63, 3.8) is 0 Å². The lowest BCUT2D eigenvalue weighted by atomic mass is 10.0. The van der Waals surface area contributed by atoms with E-state index < -0.39 is 0 Å². The van der Waals surface area contributed by atoms with Gasteiger partial charge in [-0.15, -0.1) is 0 Å². The number of nitrogens with zero attached hydrogens (tertiary/aromatic N) is 4. The van der Waals surface area contributed by atoms with E-state index in [1.54, 1.807) is 0 Å². The van der Waals surface area contributed by atoms with Gasteiger partial charge in [-0.25, -0.2) is 4.98 Å². The summed E-state index contributed by atoms with van der Waals surface area (Å²) in [6.45, 7) is 2.95. The fraction of sp³-hybridized carbons (Fsp3) is 0.692. The lowest BCUT2D eigenvalue weighted by molar-refractivity contribution is 0.461. The van der Waals surface area contributed by atoms with Crippen molar-refractivity contribution in [1.82, 2.24) is 19.3 Å². The smallest absolute Gasteiger partial charge is 0.202 e. The number of hydrogen-bond donors (Lipinski definition) is 1. The highest BCUT2D eigenvalue weighted by atomic mass is 15.3. The molecule has 0 radical (unpaired) electrons. The largest absolute Gasteiger partial charge is 0.369 e. The summed E-state index contributed by atoms with van der Waals surface area (Å²) in [7, 11) is 1.96. The van der Waals surface area contributed by atoms with Crippen molar-refractivity contribution in [3.8, 4) is 0 Å². The first-order chi connectivity index (χ1) is 8.66. The fourth-order valence-electron chi connectivity index (χ4n) is 3.18. The number of rotatable bonds is 3. The Bertz CT molecular complexity index is 559. The van der Waals surface area contributed by atoms with E-state index in [2.05, 4.69) is 14.6 Å². The molecule has 98 valence electrons. The topological polar surface area (TPSA) is 61.7 Å². The lowest BCUT2D eigenvalue weighted by Crippen LogP contribution is -2.09. The molecule has 18 heavy (non-hydrogen) atoms. The van der Waals surface area contributed by atoms with Crippen LogP contribution in [-0.2, 0) is 13.6 Å². The van der Waals surface area contributed by atoms with Crippen LogP contribution in [0.15, 0.2) is 0 Å². The van der Waals surface area contributed by atoms with Crippen LogP contribution >= 0.6 is 0 Å². The molecule has 1 saturated carbocycles. The quantitative estimate of drug-likeness (QED) is 0.904. The molecule has 0 unspecified atom stereocenters. The molecule has 0 aromatic carbocycles. The normalized spacial score (nSPS) is 17.0. The molecule has 0 bridgehead atoms. The van der Waals surface area contributed by atoms with Crippen molar-refractivity contribution < 1.29 is 0 Å². The van der Waals surface area contributed by atoms with Crippen molar-refractivity contribution in [2.45, 2.75) is 45.6 Å².